The van der Waals surface area contributed by atoms with Crippen molar-refractivity contribution in [2.24, 2.45) is 0 Å². The molecule has 6 heteroatoms. The van der Waals surface area contributed by atoms with Crippen LogP contribution >= 0.6 is 0 Å². The van der Waals surface area contributed by atoms with Gasteiger partial charge in [0.2, 0.25) is 0 Å². The first-order valence-electron chi connectivity index (χ1n) is 5.99. The van der Waals surface area contributed by atoms with Crippen LogP contribution in [0.3, 0.4) is 0 Å². The number of hydrogen-bond donors (Lipinski definition) is 0. The van der Waals surface area contributed by atoms with Crippen molar-refractivity contribution >= 4 is 11.7 Å². The zero-order valence-corrected chi connectivity index (χ0v) is 10.8. The van der Waals surface area contributed by atoms with Crippen LogP contribution in [-0.4, -0.2) is 22.5 Å². The number of nitro groups is 1. The Morgan fingerprint density at radius 1 is 1.25 bits per heavy atom. The highest BCUT2D eigenvalue weighted by molar-refractivity contribution is 5.95. The number of nitro benzene ring substituents is 1. The van der Waals surface area contributed by atoms with Crippen molar-refractivity contribution in [1.82, 2.24) is 4.98 Å². The second kappa shape index (κ2) is 5.92. The van der Waals surface area contributed by atoms with Crippen molar-refractivity contribution in [2.75, 3.05) is 6.61 Å². The molecule has 0 unspecified atom stereocenters. The average Bonchev–Trinajstić information content (AvgIpc) is 2.47. The van der Waals surface area contributed by atoms with E-state index in [1.807, 2.05) is 0 Å². The molecule has 0 aliphatic carbocycles. The fourth-order valence-corrected chi connectivity index (χ4v) is 1.79. The lowest BCUT2D eigenvalue weighted by Gasteiger charge is -2.06. The molecule has 0 fully saturated rings. The molecule has 0 atom stereocenters. The van der Waals surface area contributed by atoms with Crippen LogP contribution in [0.2, 0.25) is 0 Å². The Kier molecular flexibility index (Phi) is 4.05. The van der Waals surface area contributed by atoms with E-state index < -0.39 is 10.9 Å². The number of pyridine rings is 1. The summed E-state index contributed by atoms with van der Waals surface area (Å²) in [6.45, 7) is 1.81. The Bertz CT molecular complexity index is 641. The number of rotatable bonds is 4. The Morgan fingerprint density at radius 2 is 1.95 bits per heavy atom. The fourth-order valence-electron chi connectivity index (χ4n) is 1.79. The second-order valence-corrected chi connectivity index (χ2v) is 3.95. The summed E-state index contributed by atoms with van der Waals surface area (Å²) < 4.78 is 4.85. The topological polar surface area (TPSA) is 82.3 Å². The van der Waals surface area contributed by atoms with E-state index in [-0.39, 0.29) is 17.9 Å². The van der Waals surface area contributed by atoms with E-state index in [0.717, 1.165) is 5.56 Å². The fraction of sp³-hybridized carbons (Fsp3) is 0.143. The van der Waals surface area contributed by atoms with Crippen LogP contribution in [0.5, 0.6) is 0 Å². The Labute approximate surface area is 115 Å². The summed E-state index contributed by atoms with van der Waals surface area (Å²) in [5, 5.41) is 11.0. The molecule has 2 aromatic rings. The standard InChI is InChI=1S/C14H12N2O4/c1-2-20-14(17)12-9-11(3-4-13(12)16(18)19)10-5-7-15-8-6-10/h3-9H,2H2,1H3. The first-order chi connectivity index (χ1) is 9.63. The zero-order valence-electron chi connectivity index (χ0n) is 10.8. The Balaban J connectivity index is 2.51. The third-order valence-electron chi connectivity index (χ3n) is 2.70. The number of hydrogen-bond acceptors (Lipinski definition) is 5. The van der Waals surface area contributed by atoms with E-state index in [9.17, 15) is 14.9 Å². The maximum Gasteiger partial charge on any atom is 0.345 e. The summed E-state index contributed by atoms with van der Waals surface area (Å²) in [7, 11) is 0. The van der Waals surface area contributed by atoms with Gasteiger partial charge in [-0.05, 0) is 42.3 Å². The molecule has 0 spiro atoms. The molecule has 1 aromatic carbocycles. The molecule has 102 valence electrons. The molecule has 2 rings (SSSR count). The maximum atomic E-state index is 11.8. The number of esters is 1. The lowest BCUT2D eigenvalue weighted by Crippen LogP contribution is -2.08. The van der Waals surface area contributed by atoms with Gasteiger partial charge < -0.3 is 4.74 Å². The van der Waals surface area contributed by atoms with Crippen LogP contribution in [-0.2, 0) is 4.74 Å². The van der Waals surface area contributed by atoms with Gasteiger partial charge >= 0.3 is 5.97 Å². The second-order valence-electron chi connectivity index (χ2n) is 3.95. The molecule has 1 heterocycles. The summed E-state index contributed by atoms with van der Waals surface area (Å²) in [5.74, 6) is -0.699. The molecule has 0 aliphatic heterocycles. The quantitative estimate of drug-likeness (QED) is 0.485. The van der Waals surface area contributed by atoms with Gasteiger partial charge in [0.05, 0.1) is 11.5 Å². The van der Waals surface area contributed by atoms with E-state index in [0.29, 0.717) is 5.56 Å². The van der Waals surface area contributed by atoms with Gasteiger partial charge in [0.15, 0.2) is 0 Å². The molecule has 0 aliphatic rings. The van der Waals surface area contributed by atoms with Crippen molar-refractivity contribution in [3.63, 3.8) is 0 Å². The number of ether oxygens (including phenoxy) is 1. The lowest BCUT2D eigenvalue weighted by atomic mass is 10.0. The number of carbonyl (C=O) groups is 1. The average molecular weight is 272 g/mol. The monoisotopic (exact) mass is 272 g/mol. The van der Waals surface area contributed by atoms with Crippen molar-refractivity contribution in [3.8, 4) is 11.1 Å². The van der Waals surface area contributed by atoms with Crippen LogP contribution in [0.15, 0.2) is 42.7 Å². The summed E-state index contributed by atoms with van der Waals surface area (Å²) in [4.78, 5) is 26.1. The molecule has 0 amide bonds. The molecule has 0 bridgehead atoms. The van der Waals surface area contributed by atoms with Crippen LogP contribution in [0.25, 0.3) is 11.1 Å². The number of nitrogens with zero attached hydrogens (tertiary/aromatic N) is 2. The van der Waals surface area contributed by atoms with Gasteiger partial charge in [-0.2, -0.15) is 0 Å². The third-order valence-corrected chi connectivity index (χ3v) is 2.70. The molecular weight excluding hydrogens is 260 g/mol. The van der Waals surface area contributed by atoms with Gasteiger partial charge in [0, 0.05) is 18.5 Å². The molecule has 20 heavy (non-hydrogen) atoms. The zero-order chi connectivity index (χ0) is 14.5. The van der Waals surface area contributed by atoms with E-state index in [2.05, 4.69) is 4.98 Å². The normalized spacial score (nSPS) is 10.1. The van der Waals surface area contributed by atoms with Crippen molar-refractivity contribution in [1.29, 1.82) is 0 Å². The van der Waals surface area contributed by atoms with Crippen LogP contribution in [0, 0.1) is 10.1 Å². The Morgan fingerprint density at radius 3 is 2.55 bits per heavy atom. The molecular formula is C14H12N2O4. The lowest BCUT2D eigenvalue weighted by molar-refractivity contribution is -0.385. The van der Waals surface area contributed by atoms with Gasteiger partial charge in [-0.1, -0.05) is 0 Å². The number of benzene rings is 1. The van der Waals surface area contributed by atoms with Gasteiger partial charge in [0.1, 0.15) is 5.56 Å². The Hall–Kier alpha value is -2.76. The summed E-state index contributed by atoms with van der Waals surface area (Å²) in [6, 6.07) is 7.88. The first-order valence-corrected chi connectivity index (χ1v) is 5.99. The minimum Gasteiger partial charge on any atom is -0.462 e. The highest BCUT2D eigenvalue weighted by atomic mass is 16.6. The van der Waals surface area contributed by atoms with E-state index in [4.69, 9.17) is 4.74 Å². The number of carbonyl (C=O) groups excluding carboxylic acids is 1. The predicted molar refractivity (Wildman–Crippen MR) is 72.3 cm³/mol. The summed E-state index contributed by atoms with van der Waals surface area (Å²) in [6.07, 6.45) is 3.22. The van der Waals surface area contributed by atoms with Gasteiger partial charge in [-0.15, -0.1) is 0 Å². The van der Waals surface area contributed by atoms with Gasteiger partial charge in [-0.3, -0.25) is 15.1 Å². The van der Waals surface area contributed by atoms with Crippen LogP contribution in [0.4, 0.5) is 5.69 Å². The van der Waals surface area contributed by atoms with Gasteiger partial charge in [0.25, 0.3) is 5.69 Å². The van der Waals surface area contributed by atoms with Crippen LogP contribution < -0.4 is 0 Å². The largest absolute Gasteiger partial charge is 0.462 e. The molecule has 0 N–H and O–H groups in total. The molecule has 0 radical (unpaired) electrons. The van der Waals surface area contributed by atoms with Gasteiger partial charge in [-0.25, -0.2) is 4.79 Å². The molecule has 0 saturated heterocycles. The van der Waals surface area contributed by atoms with E-state index >= 15 is 0 Å². The summed E-state index contributed by atoms with van der Waals surface area (Å²) in [5.41, 5.74) is 1.20. The minimum absolute atomic E-state index is 0.0498. The third kappa shape index (κ3) is 2.80. The molecule has 6 nitrogen and oxygen atoms in total. The SMILES string of the molecule is CCOC(=O)c1cc(-c2ccncc2)ccc1[N+](=O)[O-]. The van der Waals surface area contributed by atoms with Crippen molar-refractivity contribution < 1.29 is 14.5 Å². The maximum absolute atomic E-state index is 11.8. The highest BCUT2D eigenvalue weighted by Crippen LogP contribution is 2.26. The minimum atomic E-state index is -0.699. The first kappa shape index (κ1) is 13.7. The summed E-state index contributed by atoms with van der Waals surface area (Å²) >= 11 is 0. The van der Waals surface area contributed by atoms with E-state index in [1.165, 1.54) is 12.1 Å². The van der Waals surface area contributed by atoms with Crippen molar-refractivity contribution in [3.05, 3.63) is 58.4 Å². The molecule has 1 aromatic heterocycles. The number of aromatic nitrogens is 1. The van der Waals surface area contributed by atoms with Crippen LogP contribution in [0.1, 0.15) is 17.3 Å². The smallest absolute Gasteiger partial charge is 0.345 e. The highest BCUT2D eigenvalue weighted by Gasteiger charge is 2.21. The van der Waals surface area contributed by atoms with Crippen molar-refractivity contribution in [2.45, 2.75) is 6.92 Å². The van der Waals surface area contributed by atoms with E-state index in [1.54, 1.807) is 37.5 Å². The predicted octanol–water partition coefficient (Wildman–Crippen LogP) is 2.83. The molecule has 0 saturated carbocycles.